The average molecular weight is 264 g/mol. The molecule has 0 fully saturated rings. The standard InChI is InChI=1S/C15H20O4/c1-10(13(16)19-15(2,3)4)11-6-8-12(9-7-11)14(17)18-5/h6-10H,1-5H3/t10-/m1/s1. The van der Waals surface area contributed by atoms with Crippen molar-refractivity contribution < 1.29 is 19.1 Å². The molecule has 0 saturated heterocycles. The van der Waals surface area contributed by atoms with Gasteiger partial charge in [-0.15, -0.1) is 0 Å². The Morgan fingerprint density at radius 1 is 1.11 bits per heavy atom. The fraction of sp³-hybridized carbons (Fsp3) is 0.467. The summed E-state index contributed by atoms with van der Waals surface area (Å²) in [7, 11) is 1.33. The number of carbonyl (C=O) groups excluding carboxylic acids is 2. The van der Waals surface area contributed by atoms with E-state index in [4.69, 9.17) is 4.74 Å². The quantitative estimate of drug-likeness (QED) is 0.788. The monoisotopic (exact) mass is 264 g/mol. The van der Waals surface area contributed by atoms with Gasteiger partial charge in [-0.2, -0.15) is 0 Å². The van der Waals surface area contributed by atoms with Gasteiger partial charge in [-0.05, 0) is 45.4 Å². The number of rotatable bonds is 3. The van der Waals surface area contributed by atoms with Gasteiger partial charge in [0.25, 0.3) is 0 Å². The summed E-state index contributed by atoms with van der Waals surface area (Å²) in [4.78, 5) is 23.2. The summed E-state index contributed by atoms with van der Waals surface area (Å²) in [5, 5.41) is 0. The molecule has 4 nitrogen and oxygen atoms in total. The lowest BCUT2D eigenvalue weighted by atomic mass is 9.99. The molecule has 0 aliphatic heterocycles. The maximum Gasteiger partial charge on any atom is 0.337 e. The first-order valence-electron chi connectivity index (χ1n) is 6.15. The van der Waals surface area contributed by atoms with Crippen LogP contribution in [0.15, 0.2) is 24.3 Å². The van der Waals surface area contributed by atoms with Crippen LogP contribution in [0.25, 0.3) is 0 Å². The molecule has 0 heterocycles. The zero-order chi connectivity index (χ0) is 14.6. The molecule has 0 bridgehead atoms. The van der Waals surface area contributed by atoms with Gasteiger partial charge in [0, 0.05) is 0 Å². The maximum absolute atomic E-state index is 11.9. The van der Waals surface area contributed by atoms with Crippen LogP contribution >= 0.6 is 0 Å². The van der Waals surface area contributed by atoms with Crippen molar-refractivity contribution in [1.82, 2.24) is 0 Å². The lowest BCUT2D eigenvalue weighted by molar-refractivity contribution is -0.156. The Kier molecular flexibility index (Phi) is 4.70. The highest BCUT2D eigenvalue weighted by Crippen LogP contribution is 2.20. The molecule has 1 aromatic rings. The fourth-order valence-electron chi connectivity index (χ4n) is 1.55. The van der Waals surface area contributed by atoms with Crippen molar-refractivity contribution in [2.75, 3.05) is 7.11 Å². The molecule has 104 valence electrons. The van der Waals surface area contributed by atoms with Crippen molar-refractivity contribution in [1.29, 1.82) is 0 Å². The Morgan fingerprint density at radius 2 is 1.63 bits per heavy atom. The molecule has 19 heavy (non-hydrogen) atoms. The smallest absolute Gasteiger partial charge is 0.337 e. The molecule has 4 heteroatoms. The van der Waals surface area contributed by atoms with Crippen LogP contribution in [0.2, 0.25) is 0 Å². The Hall–Kier alpha value is -1.84. The molecule has 0 amide bonds. The van der Waals surface area contributed by atoms with Gasteiger partial charge in [0.15, 0.2) is 0 Å². The summed E-state index contributed by atoms with van der Waals surface area (Å²) >= 11 is 0. The second kappa shape index (κ2) is 5.87. The van der Waals surface area contributed by atoms with Crippen LogP contribution in [0.5, 0.6) is 0 Å². The maximum atomic E-state index is 11.9. The molecule has 0 radical (unpaired) electrons. The van der Waals surface area contributed by atoms with Gasteiger partial charge in [-0.1, -0.05) is 12.1 Å². The average Bonchev–Trinajstić information content (AvgIpc) is 2.35. The van der Waals surface area contributed by atoms with Crippen molar-refractivity contribution >= 4 is 11.9 Å². The molecule has 0 saturated carbocycles. The van der Waals surface area contributed by atoms with Crippen molar-refractivity contribution in [3.8, 4) is 0 Å². The first-order chi connectivity index (χ1) is 8.74. The Bertz CT molecular complexity index is 454. The Morgan fingerprint density at radius 3 is 2.05 bits per heavy atom. The summed E-state index contributed by atoms with van der Waals surface area (Å²) in [5.41, 5.74) is 0.765. The third kappa shape index (κ3) is 4.39. The van der Waals surface area contributed by atoms with Gasteiger partial charge < -0.3 is 9.47 Å². The summed E-state index contributed by atoms with van der Waals surface area (Å²) in [5.74, 6) is -1.04. The first kappa shape index (κ1) is 15.2. The van der Waals surface area contributed by atoms with E-state index in [9.17, 15) is 9.59 Å². The molecule has 0 aromatic heterocycles. The molecule has 0 spiro atoms. The van der Waals surface area contributed by atoms with Crippen LogP contribution < -0.4 is 0 Å². The summed E-state index contributed by atoms with van der Waals surface area (Å²) < 4.78 is 9.94. The second-order valence-electron chi connectivity index (χ2n) is 5.37. The second-order valence-corrected chi connectivity index (χ2v) is 5.37. The van der Waals surface area contributed by atoms with Crippen LogP contribution in [-0.4, -0.2) is 24.6 Å². The lowest BCUT2D eigenvalue weighted by Crippen LogP contribution is -2.26. The summed E-state index contributed by atoms with van der Waals surface area (Å²) in [6.07, 6.45) is 0. The lowest BCUT2D eigenvalue weighted by Gasteiger charge is -2.22. The van der Waals surface area contributed by atoms with Gasteiger partial charge in [0.05, 0.1) is 18.6 Å². The molecule has 0 unspecified atom stereocenters. The fourth-order valence-corrected chi connectivity index (χ4v) is 1.55. The predicted molar refractivity (Wildman–Crippen MR) is 72.0 cm³/mol. The van der Waals surface area contributed by atoms with Crippen LogP contribution in [0.1, 0.15) is 49.5 Å². The van der Waals surface area contributed by atoms with E-state index in [2.05, 4.69) is 4.74 Å². The molecule has 1 aromatic carbocycles. The SMILES string of the molecule is COC(=O)c1ccc([C@@H](C)C(=O)OC(C)(C)C)cc1. The Labute approximate surface area is 113 Å². The minimum Gasteiger partial charge on any atom is -0.465 e. The normalized spacial score (nSPS) is 12.7. The van der Waals surface area contributed by atoms with E-state index in [-0.39, 0.29) is 11.9 Å². The highest BCUT2D eigenvalue weighted by molar-refractivity contribution is 5.89. The number of hydrogen-bond acceptors (Lipinski definition) is 4. The molecular weight excluding hydrogens is 244 g/mol. The summed E-state index contributed by atoms with van der Waals surface area (Å²) in [6, 6.07) is 6.76. The third-order valence-corrected chi connectivity index (χ3v) is 2.59. The zero-order valence-electron chi connectivity index (χ0n) is 12.0. The van der Waals surface area contributed by atoms with Crippen molar-refractivity contribution in [3.05, 3.63) is 35.4 Å². The van der Waals surface area contributed by atoms with Gasteiger partial charge >= 0.3 is 11.9 Å². The van der Waals surface area contributed by atoms with E-state index in [1.807, 2.05) is 20.8 Å². The minimum absolute atomic E-state index is 0.279. The number of carbonyl (C=O) groups is 2. The van der Waals surface area contributed by atoms with Crippen molar-refractivity contribution in [2.45, 2.75) is 39.2 Å². The van der Waals surface area contributed by atoms with Gasteiger partial charge in [-0.3, -0.25) is 4.79 Å². The van der Waals surface area contributed by atoms with Crippen molar-refractivity contribution in [2.24, 2.45) is 0 Å². The molecule has 0 aliphatic carbocycles. The van der Waals surface area contributed by atoms with E-state index in [0.717, 1.165) is 5.56 Å². The number of ether oxygens (including phenoxy) is 2. The van der Waals surface area contributed by atoms with E-state index in [0.29, 0.717) is 5.56 Å². The minimum atomic E-state index is -0.503. The molecule has 0 aliphatic rings. The first-order valence-corrected chi connectivity index (χ1v) is 6.15. The van der Waals surface area contributed by atoms with Crippen LogP contribution in [0, 0.1) is 0 Å². The molecular formula is C15H20O4. The number of methoxy groups -OCH3 is 1. The molecule has 1 rings (SSSR count). The third-order valence-electron chi connectivity index (χ3n) is 2.59. The van der Waals surface area contributed by atoms with Crippen LogP contribution in [-0.2, 0) is 14.3 Å². The summed E-state index contributed by atoms with van der Waals surface area (Å²) in [6.45, 7) is 7.27. The van der Waals surface area contributed by atoms with Crippen molar-refractivity contribution in [3.63, 3.8) is 0 Å². The topological polar surface area (TPSA) is 52.6 Å². The van der Waals surface area contributed by atoms with Crippen LogP contribution in [0.3, 0.4) is 0 Å². The highest BCUT2D eigenvalue weighted by Gasteiger charge is 2.23. The Balaban J connectivity index is 2.80. The van der Waals surface area contributed by atoms with Gasteiger partial charge in [0.1, 0.15) is 5.60 Å². The van der Waals surface area contributed by atoms with E-state index in [1.165, 1.54) is 7.11 Å². The zero-order valence-corrected chi connectivity index (χ0v) is 12.0. The van der Waals surface area contributed by atoms with Gasteiger partial charge in [0.2, 0.25) is 0 Å². The molecule has 0 N–H and O–H groups in total. The predicted octanol–water partition coefficient (Wildman–Crippen LogP) is 2.92. The number of benzene rings is 1. The number of hydrogen-bond donors (Lipinski definition) is 0. The van der Waals surface area contributed by atoms with E-state index >= 15 is 0 Å². The van der Waals surface area contributed by atoms with E-state index in [1.54, 1.807) is 31.2 Å². The van der Waals surface area contributed by atoms with Crippen LogP contribution in [0.4, 0.5) is 0 Å². The number of esters is 2. The van der Waals surface area contributed by atoms with Gasteiger partial charge in [-0.25, -0.2) is 4.79 Å². The van der Waals surface area contributed by atoms with E-state index < -0.39 is 11.6 Å². The largest absolute Gasteiger partial charge is 0.465 e. The highest BCUT2D eigenvalue weighted by atomic mass is 16.6. The molecule has 1 atom stereocenters.